The average Bonchev–Trinajstić information content (AvgIpc) is 3.37. The van der Waals surface area contributed by atoms with Crippen molar-refractivity contribution in [2.24, 2.45) is 17.2 Å². The zero-order chi connectivity index (χ0) is 23.3. The monoisotopic (exact) mass is 431 g/mol. The van der Waals surface area contributed by atoms with Crippen LogP contribution in [-0.2, 0) is 10.3 Å². The molecule has 0 aliphatic heterocycles. The van der Waals surface area contributed by atoms with E-state index in [1.54, 1.807) is 38.6 Å². The van der Waals surface area contributed by atoms with E-state index in [1.807, 2.05) is 19.0 Å². The summed E-state index contributed by atoms with van der Waals surface area (Å²) in [6.07, 6.45) is 4.76. The zero-order valence-electron chi connectivity index (χ0n) is 18.6. The predicted octanol–water partition coefficient (Wildman–Crippen LogP) is 0.299. The first kappa shape index (κ1) is 24.2. The lowest BCUT2D eigenvalue weighted by molar-refractivity contribution is -0.131. The molecule has 0 aliphatic carbocycles. The molecule has 0 spiro atoms. The summed E-state index contributed by atoms with van der Waals surface area (Å²) < 4.78 is 0. The van der Waals surface area contributed by atoms with Crippen LogP contribution in [0.15, 0.2) is 24.5 Å². The Morgan fingerprint density at radius 3 is 2.10 bits per heavy atom. The summed E-state index contributed by atoms with van der Waals surface area (Å²) in [4.78, 5) is 46.7. The van der Waals surface area contributed by atoms with Crippen LogP contribution in [0.1, 0.15) is 57.3 Å². The number of aromatic amines is 2. The Morgan fingerprint density at radius 2 is 1.58 bits per heavy atom. The maximum absolute atomic E-state index is 13.3. The summed E-state index contributed by atoms with van der Waals surface area (Å²) >= 11 is 0. The summed E-state index contributed by atoms with van der Waals surface area (Å²) in [6.45, 7) is 0.439. The van der Waals surface area contributed by atoms with Gasteiger partial charge in [0.05, 0.1) is 5.92 Å². The van der Waals surface area contributed by atoms with E-state index >= 15 is 0 Å². The summed E-state index contributed by atoms with van der Waals surface area (Å²) in [6, 6.07) is 3.50. The minimum Gasteiger partial charge on any atom is -0.364 e. The number of H-pyrrole nitrogens is 2. The van der Waals surface area contributed by atoms with Crippen molar-refractivity contribution in [1.29, 1.82) is 0 Å². The van der Waals surface area contributed by atoms with Gasteiger partial charge in [-0.3, -0.25) is 19.3 Å². The molecule has 0 fully saturated rings. The molecule has 170 valence electrons. The quantitative estimate of drug-likeness (QED) is 0.344. The molecule has 3 amide bonds. The van der Waals surface area contributed by atoms with Gasteiger partial charge in [-0.15, -0.1) is 0 Å². The Labute approximate surface area is 182 Å². The first-order chi connectivity index (χ1) is 14.6. The van der Waals surface area contributed by atoms with Crippen LogP contribution < -0.4 is 17.2 Å². The van der Waals surface area contributed by atoms with Crippen LogP contribution in [0.2, 0.25) is 0 Å². The molecule has 0 saturated carbocycles. The molecule has 8 N–H and O–H groups in total. The summed E-state index contributed by atoms with van der Waals surface area (Å²) in [7, 11) is 7.10. The Hall–Kier alpha value is -3.11. The Balaban J connectivity index is 2.71. The molecule has 10 nitrogen and oxygen atoms in total. The van der Waals surface area contributed by atoms with E-state index in [2.05, 4.69) is 9.97 Å². The molecule has 0 saturated heterocycles. The van der Waals surface area contributed by atoms with Crippen molar-refractivity contribution in [2.45, 2.75) is 30.7 Å². The Bertz CT molecular complexity index is 931. The second-order valence-electron chi connectivity index (χ2n) is 8.11. The number of primary amides is 2. The number of rotatable bonds is 11. The van der Waals surface area contributed by atoms with Gasteiger partial charge in [0.1, 0.15) is 11.4 Å². The molecule has 10 heteroatoms. The van der Waals surface area contributed by atoms with Gasteiger partial charge in [0.2, 0.25) is 5.91 Å². The van der Waals surface area contributed by atoms with Crippen molar-refractivity contribution in [2.75, 3.05) is 34.7 Å². The average molecular weight is 432 g/mol. The number of carbonyl (C=O) groups excluding carboxylic acids is 3. The fourth-order valence-electron chi connectivity index (χ4n) is 4.21. The minimum atomic E-state index is -0.758. The fraction of sp³-hybridized carbons (Fsp3) is 0.476. The zero-order valence-corrected chi connectivity index (χ0v) is 18.6. The summed E-state index contributed by atoms with van der Waals surface area (Å²) in [5, 5.41) is 0. The van der Waals surface area contributed by atoms with Gasteiger partial charge in [-0.05, 0) is 57.6 Å². The van der Waals surface area contributed by atoms with Crippen LogP contribution in [-0.4, -0.2) is 72.2 Å². The van der Waals surface area contributed by atoms with Crippen molar-refractivity contribution < 1.29 is 14.4 Å². The van der Waals surface area contributed by atoms with Gasteiger partial charge in [-0.2, -0.15) is 0 Å². The maximum Gasteiger partial charge on any atom is 0.265 e. The largest absolute Gasteiger partial charge is 0.364 e. The van der Waals surface area contributed by atoms with Gasteiger partial charge < -0.3 is 32.1 Å². The van der Waals surface area contributed by atoms with E-state index in [0.717, 1.165) is 0 Å². The van der Waals surface area contributed by atoms with Crippen molar-refractivity contribution in [3.8, 4) is 0 Å². The molecule has 2 rings (SSSR count). The predicted molar refractivity (Wildman–Crippen MR) is 118 cm³/mol. The number of amides is 3. The van der Waals surface area contributed by atoms with Gasteiger partial charge >= 0.3 is 0 Å². The number of carbonyl (C=O) groups is 3. The third-order valence-corrected chi connectivity index (χ3v) is 5.83. The molecule has 2 aromatic rings. The van der Waals surface area contributed by atoms with Crippen molar-refractivity contribution in [3.05, 3.63) is 47.0 Å². The Kier molecular flexibility index (Phi) is 7.64. The van der Waals surface area contributed by atoms with Crippen LogP contribution >= 0.6 is 0 Å². The number of nitrogens with one attached hydrogen (secondary N) is 2. The number of aromatic nitrogens is 2. The van der Waals surface area contributed by atoms with E-state index in [1.165, 1.54) is 4.90 Å². The van der Waals surface area contributed by atoms with E-state index in [9.17, 15) is 14.4 Å². The number of nitrogens with two attached hydrogens (primary N) is 3. The molecule has 2 atom stereocenters. The van der Waals surface area contributed by atoms with E-state index in [4.69, 9.17) is 17.2 Å². The molecular weight excluding hydrogens is 398 g/mol. The highest BCUT2D eigenvalue weighted by Crippen LogP contribution is 2.43. The van der Waals surface area contributed by atoms with E-state index < -0.39 is 23.3 Å². The maximum atomic E-state index is 13.3. The molecular formula is C21H33N7O3. The number of likely N-dealkylation sites (N-methyl/N-ethyl adjacent to an activating group) is 1. The normalized spacial score (nSPS) is 14.3. The minimum absolute atomic E-state index is 0.183. The molecule has 2 heterocycles. The summed E-state index contributed by atoms with van der Waals surface area (Å²) in [5.41, 5.74) is 17.9. The van der Waals surface area contributed by atoms with Crippen LogP contribution in [0.4, 0.5) is 0 Å². The van der Waals surface area contributed by atoms with Crippen LogP contribution in [0, 0.1) is 0 Å². The van der Waals surface area contributed by atoms with Gasteiger partial charge in [0.25, 0.3) is 11.8 Å². The molecule has 31 heavy (non-hydrogen) atoms. The molecule has 0 aromatic carbocycles. The number of hydrogen-bond acceptors (Lipinski definition) is 5. The standard InChI is InChI=1S/C21H33N7O3/c1-27(2)20(31)14(13-6-10-25-16(13)18(23)29)12-21(28(3)4,8-5-9-22)15-7-11-26-17(15)19(24)30/h6-7,10-11,14,25-26H,5,8-9,12,22H2,1-4H3,(H2,23,29)(H2,24,30). The molecule has 2 unspecified atom stereocenters. The summed E-state index contributed by atoms with van der Waals surface area (Å²) in [5.74, 6) is -2.11. The topological polar surface area (TPSA) is 167 Å². The first-order valence-corrected chi connectivity index (χ1v) is 10.1. The highest BCUT2D eigenvalue weighted by Gasteiger charge is 2.43. The Morgan fingerprint density at radius 1 is 1.00 bits per heavy atom. The van der Waals surface area contributed by atoms with Gasteiger partial charge in [-0.25, -0.2) is 0 Å². The van der Waals surface area contributed by atoms with Gasteiger partial charge in [-0.1, -0.05) is 0 Å². The van der Waals surface area contributed by atoms with Gasteiger partial charge in [0.15, 0.2) is 0 Å². The van der Waals surface area contributed by atoms with Gasteiger partial charge in [0, 0.05) is 37.6 Å². The lowest BCUT2D eigenvalue weighted by Crippen LogP contribution is -2.46. The highest BCUT2D eigenvalue weighted by molar-refractivity contribution is 5.95. The van der Waals surface area contributed by atoms with E-state index in [-0.39, 0.29) is 23.7 Å². The second-order valence-corrected chi connectivity index (χ2v) is 8.11. The smallest absolute Gasteiger partial charge is 0.265 e. The van der Waals surface area contributed by atoms with Crippen LogP contribution in [0.3, 0.4) is 0 Å². The molecule has 0 bridgehead atoms. The highest BCUT2D eigenvalue weighted by atomic mass is 16.2. The number of hydrogen-bond donors (Lipinski definition) is 5. The molecule has 0 radical (unpaired) electrons. The molecule has 2 aromatic heterocycles. The second kappa shape index (κ2) is 9.80. The SMILES string of the molecule is CN(C)C(=O)C(CC(CCCN)(c1cc[nH]c1C(N)=O)N(C)C)c1cc[nH]c1C(N)=O. The fourth-order valence-corrected chi connectivity index (χ4v) is 4.21. The third-order valence-electron chi connectivity index (χ3n) is 5.83. The van der Waals surface area contributed by atoms with Crippen LogP contribution in [0.25, 0.3) is 0 Å². The van der Waals surface area contributed by atoms with Crippen LogP contribution in [0.5, 0.6) is 0 Å². The first-order valence-electron chi connectivity index (χ1n) is 10.1. The lowest BCUT2D eigenvalue weighted by Gasteiger charge is -2.43. The van der Waals surface area contributed by atoms with Crippen molar-refractivity contribution in [3.63, 3.8) is 0 Å². The molecule has 0 aliphatic rings. The third kappa shape index (κ3) is 4.80. The lowest BCUT2D eigenvalue weighted by atomic mass is 9.74. The number of nitrogens with zero attached hydrogens (tertiary/aromatic N) is 2. The van der Waals surface area contributed by atoms with E-state index in [0.29, 0.717) is 30.5 Å². The van der Waals surface area contributed by atoms with Crippen molar-refractivity contribution in [1.82, 2.24) is 19.8 Å². The van der Waals surface area contributed by atoms with Crippen molar-refractivity contribution >= 4 is 17.7 Å².